The van der Waals surface area contributed by atoms with E-state index in [9.17, 15) is 14.0 Å². The van der Waals surface area contributed by atoms with Crippen molar-refractivity contribution in [1.29, 1.82) is 5.26 Å². The average Bonchev–Trinajstić information content (AvgIpc) is 3.15. The van der Waals surface area contributed by atoms with Crippen molar-refractivity contribution in [3.63, 3.8) is 0 Å². The van der Waals surface area contributed by atoms with Gasteiger partial charge in [-0.05, 0) is 93.2 Å². The van der Waals surface area contributed by atoms with Crippen LogP contribution in [0.2, 0.25) is 0 Å². The maximum Gasteiger partial charge on any atom is 0.149 e. The van der Waals surface area contributed by atoms with Crippen LogP contribution in [-0.2, 0) is 6.61 Å². The first-order chi connectivity index (χ1) is 14.9. The number of rotatable bonds is 5. The maximum absolute atomic E-state index is 13.8. The van der Waals surface area contributed by atoms with E-state index in [2.05, 4.69) is 61.2 Å². The lowest BCUT2D eigenvalue weighted by molar-refractivity contribution is 0.295. The third-order valence-corrected chi connectivity index (χ3v) is 6.08. The summed E-state index contributed by atoms with van der Waals surface area (Å²) in [7, 11) is 0. The third-order valence-electron chi connectivity index (χ3n) is 4.48. The van der Waals surface area contributed by atoms with Crippen LogP contribution >= 0.6 is 45.2 Å². The molecule has 0 aliphatic rings. The van der Waals surface area contributed by atoms with E-state index in [1.54, 1.807) is 30.3 Å². The topological polar surface area (TPSA) is 61.7 Å². The molecule has 0 aliphatic carbocycles. The Morgan fingerprint density at radius 3 is 2.55 bits per heavy atom. The lowest BCUT2D eigenvalue weighted by Crippen LogP contribution is -2.01. The SMILES string of the molecule is N#C/C(=C/c1cc(I)c(OCc2ccccc2F)c(I)c1)c1nc2ccc(F)cc2[nH]1. The molecular formula is C23H13F2I2N3O. The largest absolute Gasteiger partial charge is 0.487 e. The average molecular weight is 639 g/mol. The summed E-state index contributed by atoms with van der Waals surface area (Å²) in [5.41, 5.74) is 2.69. The van der Waals surface area contributed by atoms with Gasteiger partial charge in [-0.25, -0.2) is 13.8 Å². The smallest absolute Gasteiger partial charge is 0.149 e. The van der Waals surface area contributed by atoms with Crippen LogP contribution in [0.1, 0.15) is 17.0 Å². The van der Waals surface area contributed by atoms with E-state index in [0.29, 0.717) is 33.7 Å². The van der Waals surface area contributed by atoms with Gasteiger partial charge in [0.05, 0.1) is 23.7 Å². The summed E-state index contributed by atoms with van der Waals surface area (Å²) in [6.07, 6.45) is 1.71. The molecule has 4 aromatic rings. The van der Waals surface area contributed by atoms with Gasteiger partial charge in [0.1, 0.15) is 35.9 Å². The highest BCUT2D eigenvalue weighted by atomic mass is 127. The molecule has 4 rings (SSSR count). The molecule has 154 valence electrons. The van der Waals surface area contributed by atoms with Crippen molar-refractivity contribution < 1.29 is 13.5 Å². The van der Waals surface area contributed by atoms with Crippen molar-refractivity contribution >= 4 is 67.9 Å². The van der Waals surface area contributed by atoms with E-state index in [1.165, 1.54) is 18.2 Å². The number of hydrogen-bond acceptors (Lipinski definition) is 3. The van der Waals surface area contributed by atoms with E-state index < -0.39 is 0 Å². The second-order valence-electron chi connectivity index (χ2n) is 6.61. The molecule has 3 aromatic carbocycles. The fourth-order valence-electron chi connectivity index (χ4n) is 3.00. The highest BCUT2D eigenvalue weighted by Crippen LogP contribution is 2.31. The van der Waals surface area contributed by atoms with Crippen LogP contribution in [0.3, 0.4) is 0 Å². The zero-order valence-electron chi connectivity index (χ0n) is 15.8. The van der Waals surface area contributed by atoms with Crippen LogP contribution in [0, 0.1) is 30.1 Å². The predicted octanol–water partition coefficient (Wildman–Crippen LogP) is 6.69. The number of nitrogens with one attached hydrogen (secondary N) is 1. The molecule has 1 heterocycles. The maximum atomic E-state index is 13.8. The fraction of sp³-hybridized carbons (Fsp3) is 0.0435. The molecule has 0 saturated heterocycles. The lowest BCUT2D eigenvalue weighted by Gasteiger charge is -2.12. The second kappa shape index (κ2) is 9.32. The Balaban J connectivity index is 1.62. The quantitative estimate of drug-likeness (QED) is 0.196. The van der Waals surface area contributed by atoms with Crippen LogP contribution in [0.5, 0.6) is 5.75 Å². The van der Waals surface area contributed by atoms with E-state index in [-0.39, 0.29) is 18.2 Å². The summed E-state index contributed by atoms with van der Waals surface area (Å²) >= 11 is 4.30. The molecule has 0 amide bonds. The molecule has 1 aromatic heterocycles. The molecular weight excluding hydrogens is 626 g/mol. The van der Waals surface area contributed by atoms with Gasteiger partial charge in [-0.15, -0.1) is 0 Å². The van der Waals surface area contributed by atoms with E-state index in [0.717, 1.165) is 12.7 Å². The van der Waals surface area contributed by atoms with Crippen molar-refractivity contribution in [3.05, 3.63) is 90.3 Å². The Hall–Kier alpha value is -2.52. The van der Waals surface area contributed by atoms with Crippen LogP contribution in [0.15, 0.2) is 54.6 Å². The number of aromatic nitrogens is 2. The first-order valence-electron chi connectivity index (χ1n) is 9.07. The number of nitriles is 1. The van der Waals surface area contributed by atoms with Crippen LogP contribution in [0.25, 0.3) is 22.7 Å². The Bertz CT molecular complexity index is 1340. The van der Waals surface area contributed by atoms with Gasteiger partial charge in [-0.3, -0.25) is 0 Å². The summed E-state index contributed by atoms with van der Waals surface area (Å²) in [6, 6.07) is 16.6. The van der Waals surface area contributed by atoms with Crippen LogP contribution in [-0.4, -0.2) is 9.97 Å². The van der Waals surface area contributed by atoms with Crippen molar-refractivity contribution in [2.75, 3.05) is 0 Å². The molecule has 0 saturated carbocycles. The van der Waals surface area contributed by atoms with Crippen molar-refractivity contribution in [3.8, 4) is 11.8 Å². The van der Waals surface area contributed by atoms with Gasteiger partial charge in [0.15, 0.2) is 0 Å². The highest BCUT2D eigenvalue weighted by Gasteiger charge is 2.13. The number of H-pyrrole nitrogens is 1. The van der Waals surface area contributed by atoms with Crippen LogP contribution < -0.4 is 4.74 Å². The van der Waals surface area contributed by atoms with Gasteiger partial charge in [0.25, 0.3) is 0 Å². The van der Waals surface area contributed by atoms with Gasteiger partial charge >= 0.3 is 0 Å². The summed E-state index contributed by atoms with van der Waals surface area (Å²) in [5.74, 6) is 0.337. The third kappa shape index (κ3) is 4.88. The summed E-state index contributed by atoms with van der Waals surface area (Å²) < 4.78 is 34.8. The molecule has 1 N–H and O–H groups in total. The van der Waals surface area contributed by atoms with E-state index in [1.807, 2.05) is 12.1 Å². The Morgan fingerprint density at radius 1 is 1.10 bits per heavy atom. The van der Waals surface area contributed by atoms with E-state index >= 15 is 0 Å². The number of ether oxygens (including phenoxy) is 1. The monoisotopic (exact) mass is 639 g/mol. The van der Waals surface area contributed by atoms with Gasteiger partial charge in [-0.2, -0.15) is 5.26 Å². The number of hydrogen-bond donors (Lipinski definition) is 1. The Labute approximate surface area is 204 Å². The number of nitrogens with zero attached hydrogens (tertiary/aromatic N) is 2. The molecule has 0 spiro atoms. The molecule has 0 unspecified atom stereocenters. The number of aromatic amines is 1. The van der Waals surface area contributed by atoms with Gasteiger partial charge < -0.3 is 9.72 Å². The van der Waals surface area contributed by atoms with Crippen LogP contribution in [0.4, 0.5) is 8.78 Å². The minimum atomic E-state index is -0.375. The first kappa shape index (κ1) is 21.7. The normalized spacial score (nSPS) is 11.5. The summed E-state index contributed by atoms with van der Waals surface area (Å²) in [5, 5.41) is 9.63. The standard InChI is InChI=1S/C23H13F2I2N3O/c24-16-5-6-20-21(10-16)30-23(29-20)15(11-28)7-13-8-18(26)22(19(27)9-13)31-12-14-3-1-2-4-17(14)25/h1-10H,12H2,(H,29,30)/b15-7-. The zero-order chi connectivity index (χ0) is 22.0. The Kier molecular flexibility index (Phi) is 6.52. The minimum Gasteiger partial charge on any atom is -0.487 e. The second-order valence-corrected chi connectivity index (χ2v) is 8.93. The number of imidazole rings is 1. The summed E-state index contributed by atoms with van der Waals surface area (Å²) in [4.78, 5) is 7.36. The molecule has 4 nitrogen and oxygen atoms in total. The van der Waals surface area contributed by atoms with Crippen molar-refractivity contribution in [2.45, 2.75) is 6.61 Å². The van der Waals surface area contributed by atoms with Gasteiger partial charge in [0.2, 0.25) is 0 Å². The summed E-state index contributed by atoms with van der Waals surface area (Å²) in [6.45, 7) is 0.118. The number of halogens is 4. The Morgan fingerprint density at radius 2 is 1.84 bits per heavy atom. The van der Waals surface area contributed by atoms with Crippen molar-refractivity contribution in [1.82, 2.24) is 9.97 Å². The molecule has 0 atom stereocenters. The fourth-order valence-corrected chi connectivity index (χ4v) is 5.12. The highest BCUT2D eigenvalue weighted by molar-refractivity contribution is 14.1. The van der Waals surface area contributed by atoms with Crippen molar-refractivity contribution in [2.24, 2.45) is 0 Å². The number of benzene rings is 3. The predicted molar refractivity (Wildman–Crippen MR) is 132 cm³/mol. The van der Waals surface area contributed by atoms with Gasteiger partial charge in [0, 0.05) is 5.56 Å². The number of fused-ring (bicyclic) bond motifs is 1. The van der Waals surface area contributed by atoms with E-state index in [4.69, 9.17) is 4.74 Å². The zero-order valence-corrected chi connectivity index (χ0v) is 20.1. The molecule has 31 heavy (non-hydrogen) atoms. The molecule has 8 heteroatoms. The van der Waals surface area contributed by atoms with Gasteiger partial charge in [-0.1, -0.05) is 18.2 Å². The number of allylic oxidation sites excluding steroid dienone is 1. The lowest BCUT2D eigenvalue weighted by atomic mass is 10.1. The molecule has 0 bridgehead atoms. The molecule has 0 radical (unpaired) electrons. The molecule has 0 aliphatic heterocycles. The first-order valence-corrected chi connectivity index (χ1v) is 11.2. The minimum absolute atomic E-state index is 0.118. The molecule has 0 fully saturated rings.